The number of hydrogen-bond acceptors (Lipinski definition) is 9. The van der Waals surface area contributed by atoms with Gasteiger partial charge in [-0.2, -0.15) is 5.26 Å². The van der Waals surface area contributed by atoms with Crippen molar-refractivity contribution in [3.63, 3.8) is 0 Å². The fourth-order valence-corrected chi connectivity index (χ4v) is 3.59. The van der Waals surface area contributed by atoms with Gasteiger partial charge in [0, 0.05) is 37.0 Å². The van der Waals surface area contributed by atoms with Crippen molar-refractivity contribution in [2.45, 2.75) is 12.3 Å². The standard InChI is InChI=1S/C23H24N6O3/c1-23(14-30)13-27-20-16(12-24)10-15(11-17(20)23)18-5-7-26-22(28-18)29-19-4-3-6-25-21(19)32-9-8-31-2/h3-7,10-11,27,30H,8-9,13-14H2,1-2H3,(H,26,28,29)/t23-/m0/s1. The number of nitriles is 1. The summed E-state index contributed by atoms with van der Waals surface area (Å²) in [5.74, 6) is 0.793. The maximum absolute atomic E-state index is 9.92. The summed E-state index contributed by atoms with van der Waals surface area (Å²) < 4.78 is 10.7. The Kier molecular flexibility index (Phi) is 6.16. The molecule has 0 bridgehead atoms. The Morgan fingerprint density at radius 1 is 1.25 bits per heavy atom. The van der Waals surface area contributed by atoms with E-state index in [0.717, 1.165) is 16.8 Å². The number of pyridine rings is 1. The first-order valence-electron chi connectivity index (χ1n) is 10.2. The molecule has 3 aromatic rings. The van der Waals surface area contributed by atoms with Gasteiger partial charge in [-0.05, 0) is 35.9 Å². The Labute approximate surface area is 186 Å². The van der Waals surface area contributed by atoms with Crippen molar-refractivity contribution in [3.05, 3.63) is 53.9 Å². The fourth-order valence-electron chi connectivity index (χ4n) is 3.59. The van der Waals surface area contributed by atoms with Crippen LogP contribution in [-0.2, 0) is 10.2 Å². The SMILES string of the molecule is COCCOc1ncccc1Nc1nccc(-c2cc(C#N)c3c(c2)[C@](C)(CO)CN3)n1. The lowest BCUT2D eigenvalue weighted by atomic mass is 9.83. The molecule has 4 rings (SSSR count). The quantitative estimate of drug-likeness (QED) is 0.461. The van der Waals surface area contributed by atoms with Crippen LogP contribution < -0.4 is 15.4 Å². The molecule has 32 heavy (non-hydrogen) atoms. The van der Waals surface area contributed by atoms with Crippen molar-refractivity contribution in [2.75, 3.05) is 44.1 Å². The molecule has 1 atom stereocenters. The molecule has 2 aromatic heterocycles. The Balaban J connectivity index is 1.66. The summed E-state index contributed by atoms with van der Waals surface area (Å²) in [7, 11) is 1.61. The van der Waals surface area contributed by atoms with Crippen molar-refractivity contribution < 1.29 is 14.6 Å². The molecule has 3 N–H and O–H groups in total. The smallest absolute Gasteiger partial charge is 0.237 e. The van der Waals surface area contributed by atoms with Crippen LogP contribution in [0.5, 0.6) is 5.88 Å². The van der Waals surface area contributed by atoms with E-state index in [-0.39, 0.29) is 6.61 Å². The molecule has 1 aliphatic rings. The number of methoxy groups -OCH3 is 1. The predicted molar refractivity (Wildman–Crippen MR) is 120 cm³/mol. The summed E-state index contributed by atoms with van der Waals surface area (Å²) in [6.45, 7) is 3.33. The van der Waals surface area contributed by atoms with E-state index in [2.05, 4.69) is 31.7 Å². The minimum atomic E-state index is -0.463. The second-order valence-electron chi connectivity index (χ2n) is 7.72. The van der Waals surface area contributed by atoms with E-state index in [1.54, 1.807) is 37.7 Å². The fraction of sp³-hybridized carbons (Fsp3) is 0.304. The van der Waals surface area contributed by atoms with Gasteiger partial charge < -0.3 is 25.2 Å². The second-order valence-corrected chi connectivity index (χ2v) is 7.72. The first kappa shape index (κ1) is 21.5. The van der Waals surface area contributed by atoms with Crippen LogP contribution in [-0.4, -0.2) is 53.5 Å². The summed E-state index contributed by atoms with van der Waals surface area (Å²) in [4.78, 5) is 13.2. The van der Waals surface area contributed by atoms with E-state index in [0.29, 0.717) is 48.5 Å². The minimum Gasteiger partial charge on any atom is -0.474 e. The van der Waals surface area contributed by atoms with Gasteiger partial charge in [0.1, 0.15) is 18.4 Å². The molecule has 0 fully saturated rings. The van der Waals surface area contributed by atoms with E-state index in [1.165, 1.54) is 0 Å². The van der Waals surface area contributed by atoms with Gasteiger partial charge in [0.15, 0.2) is 0 Å². The van der Waals surface area contributed by atoms with E-state index >= 15 is 0 Å². The molecule has 0 saturated carbocycles. The average molecular weight is 432 g/mol. The van der Waals surface area contributed by atoms with E-state index in [1.807, 2.05) is 19.1 Å². The van der Waals surface area contributed by atoms with Crippen molar-refractivity contribution >= 4 is 17.3 Å². The van der Waals surface area contributed by atoms with Crippen LogP contribution >= 0.6 is 0 Å². The van der Waals surface area contributed by atoms with Crippen molar-refractivity contribution in [3.8, 4) is 23.2 Å². The third-order valence-corrected chi connectivity index (χ3v) is 5.41. The highest BCUT2D eigenvalue weighted by Gasteiger charge is 2.35. The molecule has 0 amide bonds. The molecule has 164 valence electrons. The number of rotatable bonds is 8. The number of nitrogens with one attached hydrogen (secondary N) is 2. The summed E-state index contributed by atoms with van der Waals surface area (Å²) >= 11 is 0. The van der Waals surface area contributed by atoms with Crippen molar-refractivity contribution in [2.24, 2.45) is 0 Å². The first-order chi connectivity index (χ1) is 15.6. The maximum atomic E-state index is 9.92. The van der Waals surface area contributed by atoms with Crippen LogP contribution in [0, 0.1) is 11.3 Å². The molecule has 0 saturated heterocycles. The molecule has 0 aliphatic carbocycles. The zero-order valence-corrected chi connectivity index (χ0v) is 17.9. The third-order valence-electron chi connectivity index (χ3n) is 5.41. The number of hydrogen-bond donors (Lipinski definition) is 3. The van der Waals surface area contributed by atoms with Crippen LogP contribution in [0.2, 0.25) is 0 Å². The molecule has 0 radical (unpaired) electrons. The lowest BCUT2D eigenvalue weighted by Crippen LogP contribution is -2.28. The minimum absolute atomic E-state index is 0.0231. The number of anilines is 3. The van der Waals surface area contributed by atoms with E-state index in [9.17, 15) is 10.4 Å². The van der Waals surface area contributed by atoms with Gasteiger partial charge in [0.25, 0.3) is 0 Å². The number of ether oxygens (including phenoxy) is 2. The van der Waals surface area contributed by atoms with Gasteiger partial charge in [-0.3, -0.25) is 0 Å². The lowest BCUT2D eigenvalue weighted by molar-refractivity contribution is 0.144. The second kappa shape index (κ2) is 9.18. The van der Waals surface area contributed by atoms with Crippen LogP contribution in [0.4, 0.5) is 17.3 Å². The van der Waals surface area contributed by atoms with Crippen molar-refractivity contribution in [1.82, 2.24) is 15.0 Å². The number of benzene rings is 1. The molecule has 3 heterocycles. The Hall–Kier alpha value is -3.74. The molecular weight excluding hydrogens is 408 g/mol. The molecule has 1 aliphatic heterocycles. The van der Waals surface area contributed by atoms with Gasteiger partial charge in [0.05, 0.1) is 30.2 Å². The largest absolute Gasteiger partial charge is 0.474 e. The Bertz CT molecular complexity index is 1160. The molecule has 0 unspecified atom stereocenters. The maximum Gasteiger partial charge on any atom is 0.237 e. The number of aromatic nitrogens is 3. The monoisotopic (exact) mass is 432 g/mol. The average Bonchev–Trinajstić information content (AvgIpc) is 3.17. The van der Waals surface area contributed by atoms with E-state index in [4.69, 9.17) is 9.47 Å². The van der Waals surface area contributed by atoms with Gasteiger partial charge in [-0.1, -0.05) is 6.92 Å². The van der Waals surface area contributed by atoms with Crippen LogP contribution in [0.3, 0.4) is 0 Å². The third kappa shape index (κ3) is 4.19. The Morgan fingerprint density at radius 2 is 2.12 bits per heavy atom. The van der Waals surface area contributed by atoms with Gasteiger partial charge in [0.2, 0.25) is 11.8 Å². The zero-order chi connectivity index (χ0) is 22.6. The summed E-state index contributed by atoms with van der Waals surface area (Å²) in [5.41, 5.74) is 3.79. The van der Waals surface area contributed by atoms with Crippen LogP contribution in [0.25, 0.3) is 11.3 Å². The topological polar surface area (TPSA) is 125 Å². The van der Waals surface area contributed by atoms with Gasteiger partial charge in [-0.25, -0.2) is 15.0 Å². The molecule has 9 heteroatoms. The summed E-state index contributed by atoms with van der Waals surface area (Å²) in [6.07, 6.45) is 3.29. The molecule has 0 spiro atoms. The normalized spacial score (nSPS) is 16.7. The summed E-state index contributed by atoms with van der Waals surface area (Å²) in [5, 5.41) is 26.0. The van der Waals surface area contributed by atoms with Gasteiger partial charge in [-0.15, -0.1) is 0 Å². The highest BCUT2D eigenvalue weighted by atomic mass is 16.5. The molecule has 9 nitrogen and oxygen atoms in total. The highest BCUT2D eigenvalue weighted by Crippen LogP contribution is 2.41. The predicted octanol–water partition coefficient (Wildman–Crippen LogP) is 2.85. The lowest BCUT2D eigenvalue weighted by Gasteiger charge is -2.21. The first-order valence-corrected chi connectivity index (χ1v) is 10.2. The number of aliphatic hydroxyl groups excluding tert-OH is 1. The summed E-state index contributed by atoms with van der Waals surface area (Å²) in [6, 6.07) is 11.4. The van der Waals surface area contributed by atoms with E-state index < -0.39 is 5.41 Å². The van der Waals surface area contributed by atoms with Crippen molar-refractivity contribution in [1.29, 1.82) is 5.26 Å². The number of nitrogens with zero attached hydrogens (tertiary/aromatic N) is 4. The van der Waals surface area contributed by atoms with Gasteiger partial charge >= 0.3 is 0 Å². The number of aliphatic hydroxyl groups is 1. The molecular formula is C23H24N6O3. The molecule has 1 aromatic carbocycles. The zero-order valence-electron chi connectivity index (χ0n) is 17.9. The Morgan fingerprint density at radius 3 is 2.91 bits per heavy atom. The van der Waals surface area contributed by atoms with Crippen LogP contribution in [0.15, 0.2) is 42.7 Å². The number of fused-ring (bicyclic) bond motifs is 1. The van der Waals surface area contributed by atoms with Crippen LogP contribution in [0.1, 0.15) is 18.1 Å². The highest BCUT2D eigenvalue weighted by molar-refractivity contribution is 5.76.